The van der Waals surface area contributed by atoms with Gasteiger partial charge in [0.15, 0.2) is 19.7 Å². The maximum absolute atomic E-state index is 6.21. The van der Waals surface area contributed by atoms with E-state index in [9.17, 15) is 0 Å². The molecule has 0 bridgehead atoms. The molecule has 0 heterocycles. The summed E-state index contributed by atoms with van der Waals surface area (Å²) in [5.74, 6) is 4.77. The molecule has 0 fully saturated rings. The third-order valence-corrected chi connectivity index (χ3v) is 11.7. The Bertz CT molecular complexity index is 1390. The van der Waals surface area contributed by atoms with E-state index < -0.39 is 0 Å². The van der Waals surface area contributed by atoms with Crippen molar-refractivity contribution in [1.82, 2.24) is 0 Å². The van der Waals surface area contributed by atoms with Gasteiger partial charge in [-0.3, -0.25) is 0 Å². The van der Waals surface area contributed by atoms with Gasteiger partial charge < -0.3 is 28.4 Å². The Morgan fingerprint density at radius 3 is 1.21 bits per heavy atom. The monoisotopic (exact) mass is 1140 g/mol. The van der Waals surface area contributed by atoms with E-state index in [0.29, 0.717) is 13.2 Å². The Kier molecular flexibility index (Phi) is 14.5. The first kappa shape index (κ1) is 35.5. The van der Waals surface area contributed by atoms with E-state index in [1.807, 2.05) is 76.2 Å². The molecular formula is C32H30I5O6+. The predicted molar refractivity (Wildman–Crippen MR) is 198 cm³/mol. The molecule has 6 nitrogen and oxygen atoms in total. The summed E-state index contributed by atoms with van der Waals surface area (Å²) < 4.78 is 41.7. The maximum atomic E-state index is 6.21. The van der Waals surface area contributed by atoms with E-state index in [4.69, 9.17) is 28.4 Å². The summed E-state index contributed by atoms with van der Waals surface area (Å²) in [5.41, 5.74) is 0. The lowest BCUT2D eigenvalue weighted by molar-refractivity contribution is -0.597. The zero-order valence-electron chi connectivity index (χ0n) is 23.8. The van der Waals surface area contributed by atoms with Crippen LogP contribution in [0.15, 0.2) is 72.8 Å². The van der Waals surface area contributed by atoms with Crippen LogP contribution in [0.1, 0.15) is 27.7 Å². The van der Waals surface area contributed by atoms with Gasteiger partial charge in [0.25, 0.3) is 0 Å². The number of halogens is 5. The van der Waals surface area contributed by atoms with Crippen molar-refractivity contribution in [2.75, 3.05) is 13.2 Å². The van der Waals surface area contributed by atoms with Gasteiger partial charge in [-0.15, -0.1) is 0 Å². The Morgan fingerprint density at radius 2 is 0.860 bits per heavy atom. The average Bonchev–Trinajstić information content (AvgIpc) is 2.96. The molecule has 0 aliphatic carbocycles. The molecule has 11 heteroatoms. The van der Waals surface area contributed by atoms with E-state index in [2.05, 4.69) is 115 Å². The van der Waals surface area contributed by atoms with Crippen molar-refractivity contribution in [1.29, 1.82) is 0 Å². The van der Waals surface area contributed by atoms with Gasteiger partial charge in [0.1, 0.15) is 34.5 Å². The van der Waals surface area contributed by atoms with E-state index in [-0.39, 0.29) is 33.8 Å². The number of ether oxygens (including phenoxy) is 6. The van der Waals surface area contributed by atoms with E-state index in [0.717, 1.165) is 48.8 Å². The minimum absolute atomic E-state index is 0.304. The summed E-state index contributed by atoms with van der Waals surface area (Å²) >= 11 is 8.73. The van der Waals surface area contributed by atoms with Crippen LogP contribution in [0, 0.1) is 21.4 Å². The largest absolute Gasteiger partial charge is 0.464 e. The minimum Gasteiger partial charge on any atom is -0.464 e. The normalized spacial score (nSPS) is 12.5. The molecule has 4 aromatic carbocycles. The summed E-state index contributed by atoms with van der Waals surface area (Å²) in [7, 11) is 0. The zero-order chi connectivity index (χ0) is 30.9. The standard InChI is InChI=1S/C32H30I5O6/c1-5-38-19(3)40-29-15-27(35)31(17-25(29)33)42-23-11-7-21(8-12-23)37-22-9-13-24(14-10-22)43-32-18-26(34)30(16-28(32)36)41-20(4)39-6-2/h7-20H,5-6H2,1-4H3/q+1. The van der Waals surface area contributed by atoms with Crippen molar-refractivity contribution >= 4 is 90.4 Å². The highest BCUT2D eigenvalue weighted by atomic mass is 127. The smallest absolute Gasteiger partial charge is 0.357 e. The summed E-state index contributed by atoms with van der Waals surface area (Å²) in [6, 6.07) is 24.7. The van der Waals surface area contributed by atoms with Crippen LogP contribution in [0.3, 0.4) is 0 Å². The van der Waals surface area contributed by atoms with Crippen molar-refractivity contribution in [2.45, 2.75) is 40.3 Å². The molecule has 4 rings (SSSR count). The van der Waals surface area contributed by atoms with Crippen LogP contribution in [0.4, 0.5) is 0 Å². The average molecular weight is 1150 g/mol. The van der Waals surface area contributed by atoms with Crippen LogP contribution in [-0.2, 0) is 9.47 Å². The highest BCUT2D eigenvalue weighted by molar-refractivity contribution is 14.1. The SMILES string of the molecule is CCOC(C)Oc1cc(I)c(Oc2ccc([I+]c3ccc(Oc4cc(I)c(OC(C)OCC)cc4I)cc3)cc2)cc1I. The Balaban J connectivity index is 1.35. The van der Waals surface area contributed by atoms with E-state index in [1.54, 1.807) is 0 Å². The van der Waals surface area contributed by atoms with Gasteiger partial charge >= 0.3 is 21.2 Å². The molecule has 0 saturated heterocycles. The second-order valence-electron chi connectivity index (χ2n) is 8.91. The first-order chi connectivity index (χ1) is 20.6. The van der Waals surface area contributed by atoms with Gasteiger partial charge in [0, 0.05) is 13.2 Å². The Hall–Kier alpha value is -0.350. The van der Waals surface area contributed by atoms with Crippen LogP contribution in [-0.4, -0.2) is 25.8 Å². The number of hydrogen-bond acceptors (Lipinski definition) is 6. The van der Waals surface area contributed by atoms with Crippen LogP contribution < -0.4 is 40.2 Å². The number of hydrogen-bond donors (Lipinski definition) is 0. The Labute approximate surface area is 318 Å². The third kappa shape index (κ3) is 10.9. The fourth-order valence-electron chi connectivity index (χ4n) is 3.76. The minimum atomic E-state index is -0.348. The van der Waals surface area contributed by atoms with Gasteiger partial charge in [-0.2, -0.15) is 0 Å². The van der Waals surface area contributed by atoms with Crippen molar-refractivity contribution in [2.24, 2.45) is 0 Å². The Morgan fingerprint density at radius 1 is 0.535 bits per heavy atom. The molecule has 0 radical (unpaired) electrons. The predicted octanol–water partition coefficient (Wildman–Crippen LogP) is 7.34. The van der Waals surface area contributed by atoms with Gasteiger partial charge in [-0.1, -0.05) is 0 Å². The van der Waals surface area contributed by atoms with Crippen LogP contribution in [0.5, 0.6) is 34.5 Å². The van der Waals surface area contributed by atoms with Crippen LogP contribution >= 0.6 is 90.4 Å². The van der Waals surface area contributed by atoms with Crippen molar-refractivity contribution < 1.29 is 49.6 Å². The molecule has 0 N–H and O–H groups in total. The molecule has 0 amide bonds. The molecule has 4 aromatic rings. The lowest BCUT2D eigenvalue weighted by Gasteiger charge is -2.17. The van der Waals surface area contributed by atoms with Crippen LogP contribution in [0.2, 0.25) is 0 Å². The van der Waals surface area contributed by atoms with Crippen molar-refractivity contribution in [3.8, 4) is 34.5 Å². The first-order valence-corrected chi connectivity index (χ1v) is 19.9. The van der Waals surface area contributed by atoms with Gasteiger partial charge in [-0.25, -0.2) is 0 Å². The van der Waals surface area contributed by atoms with Gasteiger partial charge in [0.05, 0.1) is 14.3 Å². The quantitative estimate of drug-likeness (QED) is 0.0975. The molecule has 0 aliphatic rings. The fourth-order valence-corrected chi connectivity index (χ4v) is 8.15. The molecule has 2 atom stereocenters. The van der Waals surface area contributed by atoms with Gasteiger partial charge in [0.2, 0.25) is 0 Å². The molecule has 0 aromatic heterocycles. The van der Waals surface area contributed by atoms with Crippen LogP contribution in [0.25, 0.3) is 0 Å². The number of benzene rings is 4. The fraction of sp³-hybridized carbons (Fsp3) is 0.250. The second kappa shape index (κ2) is 17.5. The molecule has 0 aliphatic heterocycles. The van der Waals surface area contributed by atoms with E-state index >= 15 is 0 Å². The molecule has 43 heavy (non-hydrogen) atoms. The third-order valence-electron chi connectivity index (χ3n) is 5.66. The zero-order valence-corrected chi connectivity index (χ0v) is 34.6. The number of rotatable bonds is 14. The molecule has 228 valence electrons. The first-order valence-electron chi connectivity index (χ1n) is 13.4. The lowest BCUT2D eigenvalue weighted by Crippen LogP contribution is -3.61. The molecule has 0 saturated carbocycles. The topological polar surface area (TPSA) is 55.4 Å². The van der Waals surface area contributed by atoms with Crippen molar-refractivity contribution in [3.05, 3.63) is 94.2 Å². The van der Waals surface area contributed by atoms with E-state index in [1.165, 1.54) is 7.14 Å². The summed E-state index contributed by atoms with van der Waals surface area (Å²) in [4.78, 5) is 0. The summed E-state index contributed by atoms with van der Waals surface area (Å²) in [6.45, 7) is 8.91. The molecule has 0 spiro atoms. The second-order valence-corrected chi connectivity index (χ2v) is 16.6. The lowest BCUT2D eigenvalue weighted by atomic mass is 10.3. The molecular weight excluding hydrogens is 1110 g/mol. The summed E-state index contributed by atoms with van der Waals surface area (Å²) in [6.07, 6.45) is -0.608. The maximum Gasteiger partial charge on any atom is 0.357 e. The molecule has 2 unspecified atom stereocenters. The van der Waals surface area contributed by atoms with Crippen molar-refractivity contribution in [3.63, 3.8) is 0 Å². The summed E-state index contributed by atoms with van der Waals surface area (Å²) in [5, 5.41) is 0. The highest BCUT2D eigenvalue weighted by Crippen LogP contribution is 2.35. The highest BCUT2D eigenvalue weighted by Gasteiger charge is 2.18. The van der Waals surface area contributed by atoms with Gasteiger partial charge in [-0.05, 0) is 191 Å².